The number of nitrogens with one attached hydrogen (secondary N) is 1. The Labute approximate surface area is 231 Å². The van der Waals surface area contributed by atoms with Crippen molar-refractivity contribution < 1.29 is 57.4 Å². The Morgan fingerprint density at radius 2 is 1.90 bits per heavy atom. The summed E-state index contributed by atoms with van der Waals surface area (Å²) >= 11 is 0. The number of amides is 1. The summed E-state index contributed by atoms with van der Waals surface area (Å²) in [5.74, 6) is -0.894. The fraction of sp³-hybridized carbons (Fsp3) is 0.593. The Hall–Kier alpha value is -3.23. The van der Waals surface area contributed by atoms with E-state index in [2.05, 4.69) is 11.9 Å². The summed E-state index contributed by atoms with van der Waals surface area (Å²) < 4.78 is 45.1. The van der Waals surface area contributed by atoms with Crippen LogP contribution < -0.4 is 5.32 Å². The summed E-state index contributed by atoms with van der Waals surface area (Å²) in [6, 6.07) is 8.55. The van der Waals surface area contributed by atoms with Gasteiger partial charge in [0.15, 0.2) is 24.6 Å². The third-order valence-corrected chi connectivity index (χ3v) is 6.95. The molecular weight excluding hydrogens is 530 g/mol. The molecule has 10 atom stereocenters. The molecule has 0 aromatic heterocycles. The van der Waals surface area contributed by atoms with E-state index in [1.54, 1.807) is 19.1 Å². The van der Waals surface area contributed by atoms with Gasteiger partial charge in [0.25, 0.3) is 0 Å². The molecule has 13 nitrogen and oxygen atoms in total. The first-order valence-corrected chi connectivity index (χ1v) is 13.1. The monoisotopic (exact) mass is 565 g/mol. The molecule has 0 saturated carbocycles. The van der Waals surface area contributed by atoms with Crippen molar-refractivity contribution in [3.05, 3.63) is 48.6 Å². The van der Waals surface area contributed by atoms with Gasteiger partial charge in [-0.25, -0.2) is 14.4 Å². The minimum atomic E-state index is -1.61. The van der Waals surface area contributed by atoms with E-state index in [1.165, 1.54) is 6.08 Å². The third-order valence-electron chi connectivity index (χ3n) is 6.95. The average Bonchev–Trinajstić information content (AvgIpc) is 3.36. The summed E-state index contributed by atoms with van der Waals surface area (Å²) in [5, 5.41) is 13.9. The van der Waals surface area contributed by atoms with Crippen molar-refractivity contribution in [3.8, 4) is 0 Å². The van der Waals surface area contributed by atoms with Crippen LogP contribution in [0.1, 0.15) is 25.8 Å². The zero-order valence-electron chi connectivity index (χ0n) is 22.5. The fourth-order valence-electron chi connectivity index (χ4n) is 5.00. The summed E-state index contributed by atoms with van der Waals surface area (Å²) in [6.45, 7) is 7.04. The van der Waals surface area contributed by atoms with E-state index >= 15 is 0 Å². The Morgan fingerprint density at radius 3 is 2.58 bits per heavy atom. The van der Waals surface area contributed by atoms with Gasteiger partial charge in [0.2, 0.25) is 0 Å². The van der Waals surface area contributed by atoms with E-state index in [0.717, 1.165) is 12.7 Å². The van der Waals surface area contributed by atoms with Gasteiger partial charge in [0.1, 0.15) is 24.9 Å². The van der Waals surface area contributed by atoms with Crippen LogP contribution in [0.3, 0.4) is 0 Å². The highest BCUT2D eigenvalue weighted by molar-refractivity contribution is 5.75. The van der Waals surface area contributed by atoms with Crippen LogP contribution in [-0.2, 0) is 49.3 Å². The molecule has 1 aromatic carbocycles. The molecule has 1 amide bonds. The largest absolute Gasteiger partial charge is 0.509 e. The number of aliphatic hydroxyl groups excluding tert-OH is 1. The topological polar surface area (TPSA) is 157 Å². The zero-order chi connectivity index (χ0) is 28.8. The van der Waals surface area contributed by atoms with E-state index in [4.69, 9.17) is 37.9 Å². The van der Waals surface area contributed by atoms with Crippen LogP contribution in [0, 0.1) is 0 Å². The van der Waals surface area contributed by atoms with Crippen LogP contribution in [0.25, 0.3) is 0 Å². The maximum atomic E-state index is 12.6. The molecule has 2 N–H and O–H groups in total. The molecule has 220 valence electrons. The van der Waals surface area contributed by atoms with Crippen LogP contribution in [0.5, 0.6) is 0 Å². The van der Waals surface area contributed by atoms with Gasteiger partial charge in [-0.05, 0) is 18.9 Å². The maximum absolute atomic E-state index is 12.6. The molecule has 3 aliphatic rings. The predicted molar refractivity (Wildman–Crippen MR) is 135 cm³/mol. The van der Waals surface area contributed by atoms with Gasteiger partial charge in [-0.2, -0.15) is 0 Å². The van der Waals surface area contributed by atoms with E-state index in [-0.39, 0.29) is 19.3 Å². The first-order valence-electron chi connectivity index (χ1n) is 13.1. The molecule has 13 heteroatoms. The summed E-state index contributed by atoms with van der Waals surface area (Å²) in [6.07, 6.45) is -9.88. The van der Waals surface area contributed by atoms with E-state index in [9.17, 15) is 19.5 Å². The summed E-state index contributed by atoms with van der Waals surface area (Å²) in [5.41, 5.74) is 0.758. The van der Waals surface area contributed by atoms with Crippen LogP contribution in [0.2, 0.25) is 0 Å². The molecule has 4 unspecified atom stereocenters. The molecule has 4 rings (SSSR count). The molecule has 3 aliphatic heterocycles. The number of carbonyl (C=O) groups excluding carboxylic acids is 3. The van der Waals surface area contributed by atoms with Crippen LogP contribution >= 0.6 is 0 Å². The van der Waals surface area contributed by atoms with Crippen molar-refractivity contribution in [1.29, 1.82) is 0 Å². The van der Waals surface area contributed by atoms with Gasteiger partial charge in [-0.3, -0.25) is 0 Å². The highest BCUT2D eigenvalue weighted by Crippen LogP contribution is 2.35. The van der Waals surface area contributed by atoms with Crippen molar-refractivity contribution in [1.82, 2.24) is 5.32 Å². The van der Waals surface area contributed by atoms with Crippen molar-refractivity contribution >= 4 is 18.2 Å². The van der Waals surface area contributed by atoms with Gasteiger partial charge in [-0.15, -0.1) is 0 Å². The first-order chi connectivity index (χ1) is 19.3. The standard InChI is InChI=1S/C27H35NO12/c1-5-12-34-27(32)40-23-21(35-13-15-10-8-7-9-11-15)18(29)22(24(30)33-4)38-25(23)37-19-16(6-2)36-14(3)17-20(19)39-26(31)28-17/h5,7-11,14,16-23,25,29H,1,6,12-13H2,2-4H3,(H,28,31)/t14-,16?,17-,18+,19-,20?,21-,22?,23?,25+/m0/s1. The lowest BCUT2D eigenvalue weighted by atomic mass is 9.92. The number of carbonyl (C=O) groups is 3. The lowest BCUT2D eigenvalue weighted by Gasteiger charge is -2.46. The van der Waals surface area contributed by atoms with E-state index in [0.29, 0.717) is 6.42 Å². The fourth-order valence-corrected chi connectivity index (χ4v) is 5.00. The quantitative estimate of drug-likeness (QED) is 0.240. The molecule has 0 aliphatic carbocycles. The number of aliphatic hydroxyl groups is 1. The number of esters is 1. The molecule has 40 heavy (non-hydrogen) atoms. The van der Waals surface area contributed by atoms with Gasteiger partial charge in [0, 0.05) is 0 Å². The second-order valence-corrected chi connectivity index (χ2v) is 9.56. The molecule has 1 aromatic rings. The molecule has 3 saturated heterocycles. The van der Waals surface area contributed by atoms with Gasteiger partial charge < -0.3 is 48.3 Å². The highest BCUT2D eigenvalue weighted by Gasteiger charge is 2.57. The van der Waals surface area contributed by atoms with Crippen LogP contribution in [-0.4, -0.2) is 98.2 Å². The number of hydrogen-bond donors (Lipinski definition) is 2. The Morgan fingerprint density at radius 1 is 1.15 bits per heavy atom. The minimum Gasteiger partial charge on any atom is -0.467 e. The van der Waals surface area contributed by atoms with Crippen molar-refractivity contribution in [2.24, 2.45) is 0 Å². The Balaban J connectivity index is 1.66. The zero-order valence-corrected chi connectivity index (χ0v) is 22.5. The second-order valence-electron chi connectivity index (χ2n) is 9.56. The first kappa shape index (κ1) is 29.7. The minimum absolute atomic E-state index is 0.00137. The SMILES string of the molecule is C=CCOC(=O)OC1[C@H](O[C@H]2C(CC)O[C@@H](C)[C@@H]3NC(=O)OC23)OC(C(=O)OC)[C@H](O)[C@@H]1OCc1ccccc1. The molecule has 3 heterocycles. The maximum Gasteiger partial charge on any atom is 0.509 e. The van der Waals surface area contributed by atoms with E-state index in [1.807, 2.05) is 25.1 Å². The molecule has 3 fully saturated rings. The van der Waals surface area contributed by atoms with Crippen molar-refractivity contribution in [2.75, 3.05) is 13.7 Å². The number of fused-ring (bicyclic) bond motifs is 1. The van der Waals surface area contributed by atoms with Gasteiger partial charge >= 0.3 is 18.2 Å². The number of hydrogen-bond acceptors (Lipinski definition) is 12. The van der Waals surface area contributed by atoms with Gasteiger partial charge in [0.05, 0.1) is 32.0 Å². The van der Waals surface area contributed by atoms with Crippen molar-refractivity contribution in [2.45, 2.75) is 88.0 Å². The third kappa shape index (κ3) is 6.56. The number of methoxy groups -OCH3 is 1. The van der Waals surface area contributed by atoms with E-state index < -0.39 is 73.3 Å². The highest BCUT2D eigenvalue weighted by atomic mass is 16.8. The molecule has 0 bridgehead atoms. The second kappa shape index (κ2) is 13.4. The summed E-state index contributed by atoms with van der Waals surface area (Å²) in [7, 11) is 1.14. The number of alkyl carbamates (subject to hydrolysis) is 1. The molecule has 0 spiro atoms. The van der Waals surface area contributed by atoms with Crippen LogP contribution in [0.15, 0.2) is 43.0 Å². The van der Waals surface area contributed by atoms with Crippen LogP contribution in [0.4, 0.5) is 9.59 Å². The molecular formula is C27H35NO12. The lowest BCUT2D eigenvalue weighted by Crippen LogP contribution is -2.65. The predicted octanol–water partition coefficient (Wildman–Crippen LogP) is 1.60. The van der Waals surface area contributed by atoms with Crippen molar-refractivity contribution in [3.63, 3.8) is 0 Å². The summed E-state index contributed by atoms with van der Waals surface area (Å²) in [4.78, 5) is 37.3. The number of rotatable bonds is 10. The number of ether oxygens (including phenoxy) is 8. The van der Waals surface area contributed by atoms with Gasteiger partial charge in [-0.1, -0.05) is 49.9 Å². The Bertz CT molecular complexity index is 1040. The lowest BCUT2D eigenvalue weighted by molar-refractivity contribution is -0.331. The average molecular weight is 566 g/mol. The Kier molecular flexibility index (Phi) is 9.98. The smallest absolute Gasteiger partial charge is 0.467 e. The normalized spacial score (nSPS) is 35.0. The number of benzene rings is 1. The molecule has 0 radical (unpaired) electrons.